The predicted octanol–water partition coefficient (Wildman–Crippen LogP) is 3.01. The summed E-state index contributed by atoms with van der Waals surface area (Å²) in [5, 5.41) is 24.2. The summed E-state index contributed by atoms with van der Waals surface area (Å²) < 4.78 is 1.84. The van der Waals surface area contributed by atoms with Crippen LogP contribution in [0.3, 0.4) is 0 Å². The van der Waals surface area contributed by atoms with Crippen LogP contribution in [0.4, 0.5) is 0 Å². The molecule has 4 nitrogen and oxygen atoms in total. The summed E-state index contributed by atoms with van der Waals surface area (Å²) in [7, 11) is -1.67. The molecule has 5 rings (SSSR count). The van der Waals surface area contributed by atoms with Crippen LogP contribution in [-0.4, -0.2) is 26.7 Å². The first-order chi connectivity index (χ1) is 12.8. The average molecular weight is 338 g/mol. The number of fused-ring (bicyclic) bond motifs is 6. The largest absolute Gasteiger partial charge is 0.526 e. The molecule has 5 aromatic rings. The molecule has 0 fully saturated rings. The summed E-state index contributed by atoms with van der Waals surface area (Å²) in [6, 6.07) is 25.9. The number of hydrogen-bond donors (Lipinski definition) is 2. The van der Waals surface area contributed by atoms with E-state index in [1.54, 1.807) is 0 Å². The summed E-state index contributed by atoms with van der Waals surface area (Å²) in [6.45, 7) is 0. The Kier molecular flexibility index (Phi) is 3.32. The number of aromatic nitrogens is 2. The fraction of sp³-hybridized carbons (Fsp3) is 0. The van der Waals surface area contributed by atoms with Gasteiger partial charge in [-0.1, -0.05) is 66.7 Å². The molecule has 0 aliphatic heterocycles. The highest BCUT2D eigenvalue weighted by molar-refractivity contribution is 6.57. The normalized spacial score (nSPS) is 11.5. The van der Waals surface area contributed by atoms with E-state index in [2.05, 4.69) is 23.2 Å². The summed E-state index contributed by atoms with van der Waals surface area (Å²) in [6.07, 6.45) is 0. The van der Waals surface area contributed by atoms with Crippen molar-refractivity contribution in [2.24, 2.45) is 0 Å². The number of nitrogens with zero attached hydrogens (tertiary/aromatic N) is 2. The minimum absolute atomic E-state index is 0.215. The molecular weight excluding hydrogens is 323 g/mol. The molecule has 0 unspecified atom stereocenters. The number of benzene rings is 4. The Hall–Kier alpha value is -3.15. The molecule has 0 aliphatic rings. The van der Waals surface area contributed by atoms with E-state index in [-0.39, 0.29) is 5.72 Å². The minimum Gasteiger partial charge on any atom is -0.421 e. The van der Waals surface area contributed by atoms with Crippen molar-refractivity contribution in [3.05, 3.63) is 78.9 Å². The van der Waals surface area contributed by atoms with E-state index in [4.69, 9.17) is 0 Å². The van der Waals surface area contributed by atoms with Gasteiger partial charge in [0.25, 0.3) is 0 Å². The molecule has 124 valence electrons. The Morgan fingerprint density at radius 1 is 0.654 bits per heavy atom. The Bertz CT molecular complexity index is 1260. The number of hydrogen-bond acceptors (Lipinski definition) is 3. The summed E-state index contributed by atoms with van der Waals surface area (Å²) in [5.74, 6) is 0. The van der Waals surface area contributed by atoms with E-state index in [1.165, 1.54) is 0 Å². The van der Waals surface area contributed by atoms with Crippen molar-refractivity contribution in [2.75, 3.05) is 0 Å². The lowest BCUT2D eigenvalue weighted by Gasteiger charge is -2.11. The first-order valence-electron chi connectivity index (χ1n) is 8.49. The van der Waals surface area contributed by atoms with Gasteiger partial charge >= 0.3 is 7.12 Å². The van der Waals surface area contributed by atoms with Gasteiger partial charge in [-0.2, -0.15) is 0 Å². The standard InChI is InChI=1S/C21H15BN2O2/c25-22(26)21-23-19-17-12-6-4-10-15(17)16-11-5-7-13-18(16)20(19)24(21)14-8-2-1-3-9-14/h1-13,25-26H. The molecule has 0 spiro atoms. The van der Waals surface area contributed by atoms with Crippen molar-refractivity contribution in [2.45, 2.75) is 0 Å². The zero-order chi connectivity index (χ0) is 17.7. The SMILES string of the molecule is OB(O)c1nc2c3ccccc3c3ccccc3c2n1-c1ccccc1. The molecule has 2 N–H and O–H groups in total. The van der Waals surface area contributed by atoms with Crippen molar-refractivity contribution >= 4 is 45.4 Å². The maximum Gasteiger partial charge on any atom is 0.526 e. The van der Waals surface area contributed by atoms with Crippen molar-refractivity contribution < 1.29 is 10.0 Å². The lowest BCUT2D eigenvalue weighted by molar-refractivity contribution is 0.422. The maximum atomic E-state index is 9.98. The Labute approximate surface area is 150 Å². The monoisotopic (exact) mass is 338 g/mol. The van der Waals surface area contributed by atoms with Gasteiger partial charge in [-0.15, -0.1) is 0 Å². The molecule has 0 atom stereocenters. The van der Waals surface area contributed by atoms with Crippen LogP contribution in [0, 0.1) is 0 Å². The molecule has 0 saturated heterocycles. The first kappa shape index (κ1) is 15.1. The Morgan fingerprint density at radius 2 is 1.19 bits per heavy atom. The molecule has 5 heteroatoms. The van der Waals surface area contributed by atoms with Crippen LogP contribution in [0.5, 0.6) is 0 Å². The summed E-state index contributed by atoms with van der Waals surface area (Å²) in [4.78, 5) is 4.63. The smallest absolute Gasteiger partial charge is 0.421 e. The van der Waals surface area contributed by atoms with Crippen molar-refractivity contribution in [1.29, 1.82) is 0 Å². The van der Waals surface area contributed by atoms with Crippen LogP contribution in [0.15, 0.2) is 78.9 Å². The van der Waals surface area contributed by atoms with Gasteiger partial charge in [0, 0.05) is 16.5 Å². The predicted molar refractivity (Wildman–Crippen MR) is 106 cm³/mol. The molecule has 1 aromatic heterocycles. The highest BCUT2D eigenvalue weighted by Crippen LogP contribution is 2.34. The van der Waals surface area contributed by atoms with Gasteiger partial charge in [-0.05, 0) is 22.9 Å². The molecular formula is C21H15BN2O2. The van der Waals surface area contributed by atoms with Crippen molar-refractivity contribution in [1.82, 2.24) is 9.55 Å². The molecule has 26 heavy (non-hydrogen) atoms. The zero-order valence-corrected chi connectivity index (χ0v) is 13.9. The lowest BCUT2D eigenvalue weighted by Crippen LogP contribution is -2.37. The number of para-hydroxylation sites is 1. The van der Waals surface area contributed by atoms with Crippen LogP contribution in [-0.2, 0) is 0 Å². The third-order valence-electron chi connectivity index (χ3n) is 4.80. The van der Waals surface area contributed by atoms with E-state index in [0.29, 0.717) is 0 Å². The zero-order valence-electron chi connectivity index (χ0n) is 13.9. The molecule has 0 saturated carbocycles. The van der Waals surface area contributed by atoms with Crippen molar-refractivity contribution in [3.63, 3.8) is 0 Å². The Morgan fingerprint density at radius 3 is 1.85 bits per heavy atom. The van der Waals surface area contributed by atoms with Gasteiger partial charge < -0.3 is 10.0 Å². The molecule has 1 heterocycles. The number of imidazole rings is 1. The third kappa shape index (κ3) is 2.08. The van der Waals surface area contributed by atoms with Gasteiger partial charge in [-0.25, -0.2) is 4.98 Å². The Balaban J connectivity index is 2.09. The van der Waals surface area contributed by atoms with Crippen LogP contribution in [0.2, 0.25) is 0 Å². The van der Waals surface area contributed by atoms with E-state index in [9.17, 15) is 10.0 Å². The number of rotatable bonds is 2. The second-order valence-corrected chi connectivity index (χ2v) is 6.30. The lowest BCUT2D eigenvalue weighted by atomic mass is 9.90. The fourth-order valence-electron chi connectivity index (χ4n) is 3.73. The van der Waals surface area contributed by atoms with E-state index >= 15 is 0 Å². The van der Waals surface area contributed by atoms with Crippen LogP contribution < -0.4 is 5.72 Å². The fourth-order valence-corrected chi connectivity index (χ4v) is 3.73. The van der Waals surface area contributed by atoms with Crippen LogP contribution in [0.25, 0.3) is 38.3 Å². The first-order valence-corrected chi connectivity index (χ1v) is 8.49. The average Bonchev–Trinajstić information content (AvgIpc) is 3.10. The topological polar surface area (TPSA) is 58.3 Å². The molecule has 0 bridgehead atoms. The van der Waals surface area contributed by atoms with Gasteiger partial charge in [0.2, 0.25) is 0 Å². The quantitative estimate of drug-likeness (QED) is 0.384. The van der Waals surface area contributed by atoms with Crippen molar-refractivity contribution in [3.8, 4) is 5.69 Å². The van der Waals surface area contributed by atoms with E-state index in [1.807, 2.05) is 65.2 Å². The second kappa shape index (κ2) is 5.69. The highest BCUT2D eigenvalue weighted by atomic mass is 16.4. The minimum atomic E-state index is -1.67. The second-order valence-electron chi connectivity index (χ2n) is 6.30. The van der Waals surface area contributed by atoms with Gasteiger partial charge in [0.05, 0.1) is 11.0 Å². The summed E-state index contributed by atoms with van der Waals surface area (Å²) in [5.41, 5.74) is 2.71. The van der Waals surface area contributed by atoms with Gasteiger partial charge in [0.15, 0.2) is 0 Å². The van der Waals surface area contributed by atoms with E-state index in [0.717, 1.165) is 38.3 Å². The maximum absolute atomic E-state index is 9.98. The summed E-state index contributed by atoms with van der Waals surface area (Å²) >= 11 is 0. The molecule has 0 radical (unpaired) electrons. The third-order valence-corrected chi connectivity index (χ3v) is 4.80. The van der Waals surface area contributed by atoms with E-state index < -0.39 is 7.12 Å². The molecule has 4 aromatic carbocycles. The molecule has 0 aliphatic carbocycles. The highest BCUT2D eigenvalue weighted by Gasteiger charge is 2.25. The van der Waals surface area contributed by atoms with Crippen LogP contribution >= 0.6 is 0 Å². The molecule has 0 amide bonds. The van der Waals surface area contributed by atoms with Gasteiger partial charge in [-0.3, -0.25) is 4.57 Å². The van der Waals surface area contributed by atoms with Gasteiger partial charge in [0.1, 0.15) is 5.72 Å². The van der Waals surface area contributed by atoms with Crippen LogP contribution in [0.1, 0.15) is 0 Å².